The fourth-order valence-electron chi connectivity index (χ4n) is 11.2. The first-order valence-corrected chi connectivity index (χ1v) is 42.0. The van der Waals surface area contributed by atoms with Gasteiger partial charge in [-0.2, -0.15) is 5.10 Å². The number of nitrogens with zero attached hydrogens (tertiary/aromatic N) is 11. The molecular weight excluding hydrogens is 1830 g/mol. The number of Topliss-reactive ketones (excluding diaryl/α,β-unsaturated/α-hetero) is 1. The molecule has 27 heteroatoms. The van der Waals surface area contributed by atoms with E-state index < -0.39 is 0 Å². The van der Waals surface area contributed by atoms with E-state index in [0.29, 0.717) is 23.5 Å². The second-order valence-electron chi connectivity index (χ2n) is 27.5. The van der Waals surface area contributed by atoms with Gasteiger partial charge in [0.05, 0.1) is 81.3 Å². The lowest BCUT2D eigenvalue weighted by molar-refractivity contribution is 0.0336. The van der Waals surface area contributed by atoms with Crippen LogP contribution in [0.25, 0.3) is 38.4 Å². The Bertz CT molecular complexity index is 4680. The third-order valence-corrected chi connectivity index (χ3v) is 20.5. The molecule has 0 radical (unpaired) electrons. The molecule has 4 saturated heterocycles. The molecule has 0 bridgehead atoms. The number of pyridine rings is 6. The molecule has 600 valence electrons. The smallest absolute Gasteiger partial charge is 0.178 e. The van der Waals surface area contributed by atoms with E-state index in [1.54, 1.807) is 47.5 Å². The predicted molar refractivity (Wildman–Crippen MR) is 481 cm³/mol. The highest BCUT2D eigenvalue weighted by Gasteiger charge is 2.20. The van der Waals surface area contributed by atoms with E-state index in [1.165, 1.54) is 29.0 Å². The van der Waals surface area contributed by atoms with Crippen molar-refractivity contribution in [3.63, 3.8) is 0 Å². The molecule has 0 amide bonds. The van der Waals surface area contributed by atoms with Gasteiger partial charge in [0.1, 0.15) is 21.8 Å². The summed E-state index contributed by atoms with van der Waals surface area (Å²) < 4.78 is 28.5. The summed E-state index contributed by atoms with van der Waals surface area (Å²) in [6.07, 6.45) is 11.4. The van der Waals surface area contributed by atoms with Gasteiger partial charge in [-0.3, -0.25) is 49.2 Å². The van der Waals surface area contributed by atoms with E-state index in [9.17, 15) is 9.59 Å². The quantitative estimate of drug-likeness (QED) is 0.0429. The van der Waals surface area contributed by atoms with Gasteiger partial charge in [-0.05, 0) is 206 Å². The largest absolute Gasteiger partial charge is 0.398 e. The standard InChI is InChI=1S/C20H21N3O.C14H19N3.C11H16N2O.C10H13BrN2O.C10H8BrN.C7H6BrNO.C6H4BrNO.C5H3Br2N.C4H9NO/c21-20-8-7-17(18-3-1-2-4-19(18)20)15-5-6-16(22-13-15)14-23-9-11-24-12-10-23;1-10-5-7-11(8-6-10)17-13(15)9-12(16-17)14(2,3)4;1-10-2-3-11(12-8-10)9-13-4-6-14-7-5-13;11-9-1-2-10(12-7-9)8-13-3-5-14-6-4-13;11-9-5-6-10(12)8-4-2-1-3-7(8)9;1-5(10)7-3-2-6(8)4-9-7;7-5-1-2-6(4-9)8-3-5;6-4-1-2-5(7)8-3-4;1-3-6-4-2-5-1/h1-8,13H,9-12,14,21H2;5-9H,15H2,1-4H3;2-3,8H,4-7,9H2,1H3;1-2,7H,3-6,8H2;1-6H,12H2;2-4H,1H3;1-4H;1-3H;5H,1-4H2. The molecule has 4 aliphatic heterocycles. The highest BCUT2D eigenvalue weighted by atomic mass is 79.9. The van der Waals surface area contributed by atoms with Crippen LogP contribution in [-0.2, 0) is 44.0 Å². The molecule has 5 aromatic carbocycles. The molecule has 0 spiro atoms. The molecule has 114 heavy (non-hydrogen) atoms. The zero-order chi connectivity index (χ0) is 81.6. The number of ketones is 1. The third kappa shape index (κ3) is 32.6. The van der Waals surface area contributed by atoms with Crippen LogP contribution in [-0.4, -0.2) is 172 Å². The highest BCUT2D eigenvalue weighted by molar-refractivity contribution is 9.11. The Kier molecular flexibility index (Phi) is 39.5. The molecule has 16 rings (SSSR count). The lowest BCUT2D eigenvalue weighted by Gasteiger charge is -2.26. The van der Waals surface area contributed by atoms with E-state index in [0.717, 1.165) is 213 Å². The maximum atomic E-state index is 10.7. The van der Waals surface area contributed by atoms with Crippen LogP contribution in [0.5, 0.6) is 0 Å². The van der Waals surface area contributed by atoms with Crippen molar-refractivity contribution in [2.45, 2.75) is 66.6 Å². The predicted octanol–water partition coefficient (Wildman–Crippen LogP) is 18.4. The molecule has 0 saturated carbocycles. The summed E-state index contributed by atoms with van der Waals surface area (Å²) >= 11 is 19.7. The first kappa shape index (κ1) is 91.6. The van der Waals surface area contributed by atoms with Gasteiger partial charge < -0.3 is 41.5 Å². The summed E-state index contributed by atoms with van der Waals surface area (Å²) in [7, 11) is 0. The van der Waals surface area contributed by atoms with Gasteiger partial charge in [-0.15, -0.1) is 0 Å². The van der Waals surface area contributed by atoms with Crippen molar-refractivity contribution >= 4 is 146 Å². The van der Waals surface area contributed by atoms with Crippen molar-refractivity contribution in [3.8, 4) is 16.8 Å². The number of aldehydes is 1. The number of aromatic nitrogens is 8. The molecule has 0 aliphatic carbocycles. The number of rotatable bonds is 10. The molecule has 4 aliphatic rings. The van der Waals surface area contributed by atoms with Gasteiger partial charge in [-0.25, -0.2) is 9.67 Å². The number of carbonyl (C=O) groups is 2. The Morgan fingerprint density at radius 2 is 0.912 bits per heavy atom. The van der Waals surface area contributed by atoms with E-state index in [2.05, 4.69) is 252 Å². The van der Waals surface area contributed by atoms with Gasteiger partial charge in [0.15, 0.2) is 12.1 Å². The molecule has 0 atom stereocenters. The van der Waals surface area contributed by atoms with Crippen molar-refractivity contribution in [1.82, 2.24) is 59.7 Å². The Morgan fingerprint density at radius 3 is 1.32 bits per heavy atom. The number of benzene rings is 5. The lowest BCUT2D eigenvalue weighted by atomic mass is 9.92. The third-order valence-electron chi connectivity index (χ3n) is 17.5. The van der Waals surface area contributed by atoms with Crippen LogP contribution >= 0.6 is 95.6 Å². The number of halogens is 6. The van der Waals surface area contributed by atoms with E-state index in [1.807, 2.05) is 104 Å². The molecule has 7 N–H and O–H groups in total. The zero-order valence-corrected chi connectivity index (χ0v) is 74.6. The SMILES string of the molecule is Brc1ccc(Br)nc1.Brc1ccc(CN2CCOCC2)nc1.C1COCCN1.CC(=O)c1ccc(Br)cn1.Cc1ccc(-n2nc(C(C)(C)C)cc2N)cc1.Cc1ccc(CN2CCOCC2)nc1.Nc1ccc(-c2ccc(CN3CCOCC3)nc2)c2ccccc12.Nc1ccc(Br)c2ccccc12.O=Cc1ccc(Br)cn1. The van der Waals surface area contributed by atoms with Crippen LogP contribution in [0.15, 0.2) is 240 Å². The van der Waals surface area contributed by atoms with Crippen molar-refractivity contribution in [3.05, 3.63) is 285 Å². The van der Waals surface area contributed by atoms with Crippen LogP contribution in [0, 0.1) is 13.8 Å². The maximum Gasteiger partial charge on any atom is 0.178 e. The van der Waals surface area contributed by atoms with E-state index in [-0.39, 0.29) is 11.2 Å². The zero-order valence-electron chi connectivity index (χ0n) is 65.1. The number of aryl methyl sites for hydroxylation is 2. The number of nitrogen functional groups attached to an aromatic ring is 3. The number of morpholine rings is 4. The molecular formula is C87H99Br6N15O6. The van der Waals surface area contributed by atoms with Crippen molar-refractivity contribution in [2.75, 3.05) is 122 Å². The summed E-state index contributed by atoms with van der Waals surface area (Å²) in [5.41, 5.74) is 30.7. The fraction of sp³-hybridized carbons (Fsp3) is 0.299. The first-order chi connectivity index (χ1) is 55.0. The number of nitrogens with one attached hydrogen (secondary N) is 1. The van der Waals surface area contributed by atoms with E-state index >= 15 is 0 Å². The van der Waals surface area contributed by atoms with Crippen molar-refractivity contribution in [2.24, 2.45) is 0 Å². The summed E-state index contributed by atoms with van der Waals surface area (Å²) in [6, 6.07) is 57.7. The Labute approximate surface area is 719 Å². The normalized spacial score (nSPS) is 14.1. The minimum atomic E-state index is -0.00694. The number of nitrogens with two attached hydrogens (primary N) is 3. The van der Waals surface area contributed by atoms with Gasteiger partial charge in [0.2, 0.25) is 0 Å². The lowest BCUT2D eigenvalue weighted by Crippen LogP contribution is -2.35. The van der Waals surface area contributed by atoms with Gasteiger partial charge in [-0.1, -0.05) is 121 Å². The summed E-state index contributed by atoms with van der Waals surface area (Å²) in [4.78, 5) is 52.8. The number of hydrogen-bond acceptors (Lipinski definition) is 20. The van der Waals surface area contributed by atoms with Crippen LogP contribution in [0.3, 0.4) is 0 Å². The molecule has 7 aromatic heterocycles. The highest BCUT2D eigenvalue weighted by Crippen LogP contribution is 2.33. The number of hydrogen-bond donors (Lipinski definition) is 4. The average Bonchev–Trinajstić information content (AvgIpc) is 0.841. The number of anilines is 3. The maximum absolute atomic E-state index is 10.7. The minimum Gasteiger partial charge on any atom is -0.398 e. The number of carbonyl (C=O) groups excluding carboxylic acids is 2. The molecule has 11 heterocycles. The summed E-state index contributed by atoms with van der Waals surface area (Å²) in [5.74, 6) is 0.672. The van der Waals surface area contributed by atoms with Gasteiger partial charge >= 0.3 is 0 Å². The number of fused-ring (bicyclic) bond motifs is 2. The Hall–Kier alpha value is -7.97. The van der Waals surface area contributed by atoms with Crippen LogP contribution in [0.1, 0.15) is 82.6 Å². The fourth-order valence-corrected chi connectivity index (χ4v) is 12.8. The molecule has 0 unspecified atom stereocenters. The number of ether oxygens (including phenoxy) is 4. The molecule has 4 fully saturated rings. The van der Waals surface area contributed by atoms with Crippen molar-refractivity contribution < 1.29 is 28.5 Å². The Balaban J connectivity index is 0.000000165. The van der Waals surface area contributed by atoms with Crippen molar-refractivity contribution in [1.29, 1.82) is 0 Å². The topological polar surface area (TPSA) is 266 Å². The van der Waals surface area contributed by atoms with E-state index in [4.69, 9.17) is 36.1 Å². The first-order valence-electron chi connectivity index (χ1n) is 37.2. The van der Waals surface area contributed by atoms with Gasteiger partial charge in [0, 0.05) is 178 Å². The average molecular weight is 1930 g/mol. The van der Waals surface area contributed by atoms with Crippen LogP contribution in [0.4, 0.5) is 17.2 Å². The monoisotopic (exact) mass is 1920 g/mol. The summed E-state index contributed by atoms with van der Waals surface area (Å²) in [6.45, 7) is 29.7. The second-order valence-corrected chi connectivity index (χ2v) is 32.8. The van der Waals surface area contributed by atoms with Gasteiger partial charge in [0.25, 0.3) is 0 Å². The Morgan fingerprint density at radius 1 is 0.465 bits per heavy atom. The summed E-state index contributed by atoms with van der Waals surface area (Å²) in [5, 5.41) is 12.3. The van der Waals surface area contributed by atoms with Crippen LogP contribution < -0.4 is 22.5 Å². The van der Waals surface area contributed by atoms with Crippen LogP contribution in [0.2, 0.25) is 0 Å². The minimum absolute atomic E-state index is 0.00694. The molecule has 21 nitrogen and oxygen atoms in total. The second kappa shape index (κ2) is 49.2. The molecule has 12 aromatic rings.